The predicted molar refractivity (Wildman–Crippen MR) is 72.2 cm³/mol. The summed E-state index contributed by atoms with van der Waals surface area (Å²) >= 11 is 0. The van der Waals surface area contributed by atoms with E-state index in [1.165, 1.54) is 12.1 Å². The maximum absolute atomic E-state index is 13.6. The van der Waals surface area contributed by atoms with Gasteiger partial charge in [-0.15, -0.1) is 0 Å². The fourth-order valence-corrected chi connectivity index (χ4v) is 1.98. The Morgan fingerprint density at radius 1 is 0.917 bits per heavy atom. The molecule has 2 aromatic carbocycles. The highest BCUT2D eigenvalue weighted by molar-refractivity contribution is 5.76. The largest absolute Gasteiger partial charge is 0.467 e. The van der Waals surface area contributed by atoms with E-state index in [4.69, 9.17) is 4.74 Å². The zero-order valence-electron chi connectivity index (χ0n) is 12.3. The van der Waals surface area contributed by atoms with Crippen LogP contribution in [0.1, 0.15) is 17.2 Å². The number of ether oxygens (including phenoxy) is 2. The van der Waals surface area contributed by atoms with Crippen LogP contribution in [0.4, 0.5) is 22.0 Å². The summed E-state index contributed by atoms with van der Waals surface area (Å²) in [6.45, 7) is -1.01. The van der Waals surface area contributed by atoms with Crippen LogP contribution < -0.4 is 0 Å². The van der Waals surface area contributed by atoms with Crippen LogP contribution in [-0.4, -0.2) is 13.1 Å². The predicted octanol–water partition coefficient (Wildman–Crippen LogP) is 3.81. The Hall–Kier alpha value is -2.48. The molecule has 0 aliphatic carbocycles. The van der Waals surface area contributed by atoms with Gasteiger partial charge in [0, 0.05) is 0 Å². The van der Waals surface area contributed by atoms with E-state index >= 15 is 0 Å². The van der Waals surface area contributed by atoms with Gasteiger partial charge in [0.05, 0.1) is 19.3 Å². The van der Waals surface area contributed by atoms with Crippen molar-refractivity contribution in [3.8, 4) is 0 Å². The standard InChI is InChI=1S/C16H11F5O3/c1-23-16(22)15(8-5-3-2-4-6-8)24-7-9-10(17)12(19)14(21)13(20)11(9)18/h2-6,15H,7H2,1H3/t15-/m1/s1. The first-order valence-electron chi connectivity index (χ1n) is 6.63. The monoisotopic (exact) mass is 346 g/mol. The van der Waals surface area contributed by atoms with Crippen LogP contribution in [-0.2, 0) is 20.9 Å². The van der Waals surface area contributed by atoms with Crippen molar-refractivity contribution in [1.82, 2.24) is 0 Å². The summed E-state index contributed by atoms with van der Waals surface area (Å²) in [5.41, 5.74) is -0.871. The molecule has 2 rings (SSSR count). The second kappa shape index (κ2) is 7.39. The molecule has 24 heavy (non-hydrogen) atoms. The minimum absolute atomic E-state index is 0.299. The second-order valence-corrected chi connectivity index (χ2v) is 4.67. The van der Waals surface area contributed by atoms with E-state index in [1.807, 2.05) is 0 Å². The Kier molecular flexibility index (Phi) is 5.50. The summed E-state index contributed by atoms with van der Waals surface area (Å²) in [6, 6.07) is 7.78. The summed E-state index contributed by atoms with van der Waals surface area (Å²) in [7, 11) is 1.07. The van der Waals surface area contributed by atoms with Crippen LogP contribution in [0, 0.1) is 29.1 Å². The number of carbonyl (C=O) groups excluding carboxylic acids is 1. The first-order valence-corrected chi connectivity index (χ1v) is 6.63. The van der Waals surface area contributed by atoms with Gasteiger partial charge in [-0.1, -0.05) is 30.3 Å². The number of hydrogen-bond donors (Lipinski definition) is 0. The topological polar surface area (TPSA) is 35.5 Å². The molecule has 1 atom stereocenters. The van der Waals surface area contributed by atoms with Gasteiger partial charge in [-0.25, -0.2) is 26.7 Å². The summed E-state index contributed by atoms with van der Waals surface area (Å²) in [5, 5.41) is 0. The van der Waals surface area contributed by atoms with E-state index in [0.29, 0.717) is 5.56 Å². The zero-order valence-corrected chi connectivity index (χ0v) is 12.3. The molecule has 0 heterocycles. The van der Waals surface area contributed by atoms with Crippen LogP contribution in [0.25, 0.3) is 0 Å². The molecule has 2 aromatic rings. The molecule has 8 heteroatoms. The highest BCUT2D eigenvalue weighted by atomic mass is 19.2. The Morgan fingerprint density at radius 3 is 1.92 bits per heavy atom. The van der Waals surface area contributed by atoms with Crippen LogP contribution in [0.3, 0.4) is 0 Å². The Bertz CT molecular complexity index is 720. The summed E-state index contributed by atoms with van der Waals surface area (Å²) < 4.78 is 76.2. The van der Waals surface area contributed by atoms with Crippen molar-refractivity contribution in [3.05, 3.63) is 70.5 Å². The van der Waals surface area contributed by atoms with Crippen LogP contribution in [0.5, 0.6) is 0 Å². The fraction of sp³-hybridized carbons (Fsp3) is 0.188. The molecule has 128 valence electrons. The van der Waals surface area contributed by atoms with Gasteiger partial charge in [0.1, 0.15) is 0 Å². The lowest BCUT2D eigenvalue weighted by atomic mass is 10.1. The van der Waals surface area contributed by atoms with Crippen molar-refractivity contribution in [2.24, 2.45) is 0 Å². The molecule has 0 radical (unpaired) electrons. The van der Waals surface area contributed by atoms with E-state index in [1.54, 1.807) is 18.2 Å². The molecule has 0 unspecified atom stereocenters. The van der Waals surface area contributed by atoms with Crippen molar-refractivity contribution >= 4 is 5.97 Å². The van der Waals surface area contributed by atoms with Crippen molar-refractivity contribution < 1.29 is 36.2 Å². The van der Waals surface area contributed by atoms with Gasteiger partial charge in [-0.2, -0.15) is 0 Å². The first kappa shape index (κ1) is 17.9. The molecule has 0 amide bonds. The molecule has 0 saturated heterocycles. The molecule has 0 aromatic heterocycles. The Balaban J connectivity index is 2.32. The average molecular weight is 346 g/mol. The average Bonchev–Trinajstić information content (AvgIpc) is 2.61. The van der Waals surface area contributed by atoms with Gasteiger partial charge in [0.2, 0.25) is 5.82 Å². The minimum Gasteiger partial charge on any atom is -0.467 e. The minimum atomic E-state index is -2.26. The molecule has 0 aliphatic heterocycles. The second-order valence-electron chi connectivity index (χ2n) is 4.67. The van der Waals surface area contributed by atoms with E-state index in [-0.39, 0.29) is 0 Å². The zero-order chi connectivity index (χ0) is 17.9. The SMILES string of the molecule is COC(=O)[C@H](OCc1c(F)c(F)c(F)c(F)c1F)c1ccccc1. The smallest absolute Gasteiger partial charge is 0.339 e. The van der Waals surface area contributed by atoms with Crippen LogP contribution in [0.15, 0.2) is 30.3 Å². The molecule has 3 nitrogen and oxygen atoms in total. The van der Waals surface area contributed by atoms with E-state index in [2.05, 4.69) is 4.74 Å². The lowest BCUT2D eigenvalue weighted by Crippen LogP contribution is -2.19. The van der Waals surface area contributed by atoms with Gasteiger partial charge in [0.25, 0.3) is 0 Å². The highest BCUT2D eigenvalue weighted by Gasteiger charge is 2.28. The lowest BCUT2D eigenvalue weighted by Gasteiger charge is -2.17. The maximum Gasteiger partial charge on any atom is 0.339 e. The van der Waals surface area contributed by atoms with Crippen molar-refractivity contribution in [3.63, 3.8) is 0 Å². The fourth-order valence-electron chi connectivity index (χ4n) is 1.98. The first-order chi connectivity index (χ1) is 11.4. The van der Waals surface area contributed by atoms with Gasteiger partial charge < -0.3 is 9.47 Å². The van der Waals surface area contributed by atoms with Crippen molar-refractivity contribution in [1.29, 1.82) is 0 Å². The van der Waals surface area contributed by atoms with E-state index in [0.717, 1.165) is 7.11 Å². The molecule has 0 fully saturated rings. The number of benzene rings is 2. The van der Waals surface area contributed by atoms with Gasteiger partial charge in [-0.3, -0.25) is 0 Å². The van der Waals surface area contributed by atoms with E-state index < -0.39 is 53.3 Å². The number of carbonyl (C=O) groups is 1. The quantitative estimate of drug-likeness (QED) is 0.357. The van der Waals surface area contributed by atoms with Crippen molar-refractivity contribution in [2.75, 3.05) is 7.11 Å². The maximum atomic E-state index is 13.6. The number of halogens is 5. The number of rotatable bonds is 5. The molecule has 0 spiro atoms. The molecule has 0 bridgehead atoms. The highest BCUT2D eigenvalue weighted by Crippen LogP contribution is 2.26. The molecular weight excluding hydrogens is 335 g/mol. The molecule has 0 N–H and O–H groups in total. The summed E-state index contributed by atoms with van der Waals surface area (Å²) in [6.07, 6.45) is -1.38. The molecule has 0 aliphatic rings. The van der Waals surface area contributed by atoms with Crippen molar-refractivity contribution in [2.45, 2.75) is 12.7 Å². The number of hydrogen-bond acceptors (Lipinski definition) is 3. The Labute approximate surface area is 133 Å². The normalized spacial score (nSPS) is 12.1. The Morgan fingerprint density at radius 2 is 1.42 bits per heavy atom. The van der Waals surface area contributed by atoms with Crippen LogP contribution in [0.2, 0.25) is 0 Å². The van der Waals surface area contributed by atoms with Gasteiger partial charge in [-0.05, 0) is 5.56 Å². The number of esters is 1. The number of methoxy groups -OCH3 is 1. The van der Waals surface area contributed by atoms with Gasteiger partial charge in [0.15, 0.2) is 29.4 Å². The third-order valence-electron chi connectivity index (χ3n) is 3.21. The third-order valence-corrected chi connectivity index (χ3v) is 3.21. The van der Waals surface area contributed by atoms with Gasteiger partial charge >= 0.3 is 5.97 Å². The molecule has 0 saturated carbocycles. The van der Waals surface area contributed by atoms with E-state index in [9.17, 15) is 26.7 Å². The summed E-state index contributed by atoms with van der Waals surface area (Å²) in [4.78, 5) is 11.7. The van der Waals surface area contributed by atoms with Crippen LogP contribution >= 0.6 is 0 Å². The third kappa shape index (κ3) is 3.38. The lowest BCUT2D eigenvalue weighted by molar-refractivity contribution is -0.155. The summed E-state index contributed by atoms with van der Waals surface area (Å²) in [5.74, 6) is -11.3. The molecular formula is C16H11F5O3.